The van der Waals surface area contributed by atoms with E-state index in [0.717, 1.165) is 5.56 Å². The Labute approximate surface area is 231 Å². The molecule has 3 amide bonds. The van der Waals surface area contributed by atoms with Crippen LogP contribution in [0.4, 0.5) is 4.79 Å². The number of nitrogens with zero attached hydrogens (tertiary/aromatic N) is 3. The fraction of sp³-hybridized carbons (Fsp3) is 0.464. The highest BCUT2D eigenvalue weighted by Gasteiger charge is 2.51. The minimum absolute atomic E-state index is 0.0433. The molecule has 2 fully saturated rings. The first-order valence-electron chi connectivity index (χ1n) is 13.3. The molecule has 0 atom stereocenters. The summed E-state index contributed by atoms with van der Waals surface area (Å²) in [4.78, 5) is 55.4. The van der Waals surface area contributed by atoms with Crippen LogP contribution in [0.15, 0.2) is 41.3 Å². The van der Waals surface area contributed by atoms with E-state index >= 15 is 0 Å². The Balaban J connectivity index is 1.27. The SMILES string of the molecule is COc1ccc(C2(C(=O)NNC(=O)c3cnn4c(C5CCN(C(=O)OC(C)(C)C)CC5)cc(=O)[nH]c34)CC2)cc1. The van der Waals surface area contributed by atoms with E-state index in [2.05, 4.69) is 20.9 Å². The Morgan fingerprint density at radius 3 is 2.35 bits per heavy atom. The van der Waals surface area contributed by atoms with Crippen molar-refractivity contribution in [2.45, 2.75) is 63.4 Å². The molecule has 3 aromatic rings. The summed E-state index contributed by atoms with van der Waals surface area (Å²) in [5.41, 5.74) is 5.24. The van der Waals surface area contributed by atoms with Crippen LogP contribution in [-0.4, -0.2) is 63.2 Å². The minimum Gasteiger partial charge on any atom is -0.497 e. The van der Waals surface area contributed by atoms with Crippen LogP contribution in [0.5, 0.6) is 5.75 Å². The molecule has 12 nitrogen and oxygen atoms in total. The summed E-state index contributed by atoms with van der Waals surface area (Å²) in [5, 5.41) is 4.37. The van der Waals surface area contributed by atoms with E-state index in [9.17, 15) is 19.2 Å². The van der Waals surface area contributed by atoms with Gasteiger partial charge in [0.05, 0.1) is 24.4 Å². The Bertz CT molecular complexity index is 1490. The normalized spacial score (nSPS) is 16.9. The van der Waals surface area contributed by atoms with Gasteiger partial charge in [-0.25, -0.2) is 9.31 Å². The molecule has 0 spiro atoms. The largest absolute Gasteiger partial charge is 0.497 e. The Hall–Kier alpha value is -4.35. The number of aromatic amines is 1. The zero-order valence-electron chi connectivity index (χ0n) is 23.1. The summed E-state index contributed by atoms with van der Waals surface area (Å²) in [6.07, 6.45) is 3.57. The predicted molar refractivity (Wildman–Crippen MR) is 145 cm³/mol. The summed E-state index contributed by atoms with van der Waals surface area (Å²) in [6.45, 7) is 6.43. The van der Waals surface area contributed by atoms with Gasteiger partial charge in [-0.2, -0.15) is 5.10 Å². The number of methoxy groups -OCH3 is 1. The number of rotatable bonds is 5. The number of hydrogen-bond acceptors (Lipinski definition) is 7. The van der Waals surface area contributed by atoms with Crippen molar-refractivity contribution in [3.8, 4) is 5.75 Å². The molecule has 2 aliphatic rings. The van der Waals surface area contributed by atoms with E-state index in [1.165, 1.54) is 12.3 Å². The van der Waals surface area contributed by atoms with Crippen LogP contribution in [0.25, 0.3) is 5.65 Å². The maximum atomic E-state index is 13.0. The fourth-order valence-electron chi connectivity index (χ4n) is 5.14. The topological polar surface area (TPSA) is 147 Å². The molecule has 1 aliphatic carbocycles. The number of fused-ring (bicyclic) bond motifs is 1. The van der Waals surface area contributed by atoms with Gasteiger partial charge >= 0.3 is 6.09 Å². The Kier molecular flexibility index (Phi) is 7.03. The van der Waals surface area contributed by atoms with E-state index in [-0.39, 0.29) is 34.7 Å². The molecule has 2 aromatic heterocycles. The third-order valence-electron chi connectivity index (χ3n) is 7.46. The quantitative estimate of drug-likeness (QED) is 0.414. The van der Waals surface area contributed by atoms with Gasteiger partial charge < -0.3 is 19.4 Å². The smallest absolute Gasteiger partial charge is 0.410 e. The van der Waals surface area contributed by atoms with Crippen LogP contribution < -0.4 is 21.1 Å². The third-order valence-corrected chi connectivity index (χ3v) is 7.46. The summed E-state index contributed by atoms with van der Waals surface area (Å²) in [5.74, 6) is -0.253. The number of H-pyrrole nitrogens is 1. The first kappa shape index (κ1) is 27.2. The molecule has 212 valence electrons. The van der Waals surface area contributed by atoms with Crippen molar-refractivity contribution in [1.82, 2.24) is 30.3 Å². The summed E-state index contributed by atoms with van der Waals surface area (Å²) < 4.78 is 12.2. The number of carbonyl (C=O) groups excluding carboxylic acids is 3. The van der Waals surface area contributed by atoms with E-state index < -0.39 is 16.9 Å². The predicted octanol–water partition coefficient (Wildman–Crippen LogP) is 2.64. The van der Waals surface area contributed by atoms with Crippen LogP contribution in [0, 0.1) is 0 Å². The van der Waals surface area contributed by atoms with E-state index in [1.807, 2.05) is 32.9 Å². The average molecular weight is 551 g/mol. The van der Waals surface area contributed by atoms with Crippen molar-refractivity contribution in [3.05, 3.63) is 63.7 Å². The molecule has 0 radical (unpaired) electrons. The number of piperidine rings is 1. The third kappa shape index (κ3) is 5.38. The van der Waals surface area contributed by atoms with E-state index in [1.54, 1.807) is 28.7 Å². The molecule has 1 aliphatic heterocycles. The first-order valence-corrected chi connectivity index (χ1v) is 13.3. The monoisotopic (exact) mass is 550 g/mol. The lowest BCUT2D eigenvalue weighted by molar-refractivity contribution is -0.124. The van der Waals surface area contributed by atoms with E-state index in [4.69, 9.17) is 9.47 Å². The Morgan fingerprint density at radius 2 is 1.75 bits per heavy atom. The Morgan fingerprint density at radius 1 is 1.07 bits per heavy atom. The van der Waals surface area contributed by atoms with Crippen LogP contribution in [-0.2, 0) is 14.9 Å². The molecule has 12 heteroatoms. The second-order valence-electron chi connectivity index (χ2n) is 11.3. The van der Waals surface area contributed by atoms with Gasteiger partial charge in [-0.1, -0.05) is 12.1 Å². The highest BCUT2D eigenvalue weighted by atomic mass is 16.6. The number of carbonyl (C=O) groups is 3. The molecule has 0 unspecified atom stereocenters. The lowest BCUT2D eigenvalue weighted by Crippen LogP contribution is -2.46. The molecular weight excluding hydrogens is 516 g/mol. The van der Waals surface area contributed by atoms with Crippen molar-refractivity contribution >= 4 is 23.6 Å². The van der Waals surface area contributed by atoms with Crippen molar-refractivity contribution < 1.29 is 23.9 Å². The number of nitrogens with one attached hydrogen (secondary N) is 3. The van der Waals surface area contributed by atoms with Crippen LogP contribution >= 0.6 is 0 Å². The van der Waals surface area contributed by atoms with Gasteiger partial charge in [0, 0.05) is 25.1 Å². The molecule has 1 saturated heterocycles. The zero-order chi connectivity index (χ0) is 28.7. The number of amides is 3. The molecule has 1 aromatic carbocycles. The molecule has 5 rings (SSSR count). The second kappa shape index (κ2) is 10.3. The first-order chi connectivity index (χ1) is 19.0. The van der Waals surface area contributed by atoms with Gasteiger partial charge in [0.2, 0.25) is 5.91 Å². The highest BCUT2D eigenvalue weighted by molar-refractivity contribution is 6.01. The van der Waals surface area contributed by atoms with Crippen LogP contribution in [0.3, 0.4) is 0 Å². The maximum absolute atomic E-state index is 13.0. The van der Waals surface area contributed by atoms with Crippen molar-refractivity contribution in [2.24, 2.45) is 0 Å². The van der Waals surface area contributed by atoms with Gasteiger partial charge in [-0.15, -0.1) is 0 Å². The zero-order valence-corrected chi connectivity index (χ0v) is 23.1. The van der Waals surface area contributed by atoms with Gasteiger partial charge in [0.1, 0.15) is 22.6 Å². The lowest BCUT2D eigenvalue weighted by atomic mass is 9.93. The molecule has 3 heterocycles. The van der Waals surface area contributed by atoms with Gasteiger partial charge in [0.25, 0.3) is 11.5 Å². The second-order valence-corrected chi connectivity index (χ2v) is 11.3. The standard InChI is InChI=1S/C28H34N6O6/c1-27(2,3)40-26(38)33-13-9-17(10-14-33)21-15-22(35)30-23-20(16-29-34(21)23)24(36)31-32-25(37)28(11-12-28)18-5-7-19(39-4)8-6-18/h5-8,15-17H,9-14H2,1-4H3,(H,30,35)(H,31,36)(H,32,37). The number of hydrogen-bond donors (Lipinski definition) is 3. The van der Waals surface area contributed by atoms with Crippen molar-refractivity contribution in [2.75, 3.05) is 20.2 Å². The van der Waals surface area contributed by atoms with Gasteiger partial charge in [0.15, 0.2) is 0 Å². The summed E-state index contributed by atoms with van der Waals surface area (Å²) in [7, 11) is 1.58. The number of hydrazine groups is 1. The van der Waals surface area contributed by atoms with Crippen LogP contribution in [0.1, 0.15) is 74.0 Å². The fourth-order valence-corrected chi connectivity index (χ4v) is 5.14. The van der Waals surface area contributed by atoms with Gasteiger partial charge in [-0.05, 0) is 64.2 Å². The summed E-state index contributed by atoms with van der Waals surface area (Å²) >= 11 is 0. The number of ether oxygens (including phenoxy) is 2. The molecule has 1 saturated carbocycles. The van der Waals surface area contributed by atoms with Crippen molar-refractivity contribution in [3.63, 3.8) is 0 Å². The maximum Gasteiger partial charge on any atom is 0.410 e. The number of likely N-dealkylation sites (tertiary alicyclic amines) is 1. The molecule has 0 bridgehead atoms. The molecular formula is C28H34N6O6. The number of benzene rings is 1. The summed E-state index contributed by atoms with van der Waals surface area (Å²) in [6, 6.07) is 8.78. The van der Waals surface area contributed by atoms with Gasteiger partial charge in [-0.3, -0.25) is 25.2 Å². The average Bonchev–Trinajstić information content (AvgIpc) is 3.64. The van der Waals surface area contributed by atoms with Crippen molar-refractivity contribution in [1.29, 1.82) is 0 Å². The minimum atomic E-state index is -0.698. The molecule has 3 N–H and O–H groups in total. The van der Waals surface area contributed by atoms with Crippen LogP contribution in [0.2, 0.25) is 0 Å². The van der Waals surface area contributed by atoms with E-state index in [0.29, 0.717) is 50.2 Å². The lowest BCUT2D eigenvalue weighted by Gasteiger charge is -2.33. The number of aromatic nitrogens is 3. The highest BCUT2D eigenvalue weighted by Crippen LogP contribution is 2.48. The molecule has 40 heavy (non-hydrogen) atoms.